The highest BCUT2D eigenvalue weighted by atomic mass is 19.1. The Morgan fingerprint density at radius 1 is 1.29 bits per heavy atom. The molecule has 7 nitrogen and oxygen atoms in total. The maximum Gasteiger partial charge on any atom is 0.346 e. The van der Waals surface area contributed by atoms with Crippen LogP contribution in [0.1, 0.15) is 46.5 Å². The van der Waals surface area contributed by atoms with Crippen molar-refractivity contribution in [3.8, 4) is 0 Å². The van der Waals surface area contributed by atoms with Gasteiger partial charge in [-0.25, -0.2) is 9.18 Å². The number of fused-ring (bicyclic) bond motifs is 1. The lowest BCUT2D eigenvalue weighted by Crippen LogP contribution is -2.59. The minimum absolute atomic E-state index is 0.0141. The first-order chi connectivity index (χ1) is 13.3. The molecule has 6 rings (SSSR count). The highest BCUT2D eigenvalue weighted by Gasteiger charge is 2.91. The van der Waals surface area contributed by atoms with Gasteiger partial charge in [0.05, 0.1) is 17.7 Å². The van der Waals surface area contributed by atoms with Crippen molar-refractivity contribution < 1.29 is 18.6 Å². The summed E-state index contributed by atoms with van der Waals surface area (Å²) in [6.07, 6.45) is 4.50. The topological polar surface area (TPSA) is 85.5 Å². The molecule has 2 N–H and O–H groups in total. The van der Waals surface area contributed by atoms with Gasteiger partial charge in [-0.05, 0) is 38.0 Å². The second-order valence-corrected chi connectivity index (χ2v) is 9.61. The van der Waals surface area contributed by atoms with E-state index in [0.29, 0.717) is 11.8 Å². The molecule has 3 aliphatic heterocycles. The van der Waals surface area contributed by atoms with Crippen LogP contribution in [0.25, 0.3) is 0 Å². The van der Waals surface area contributed by atoms with E-state index in [9.17, 15) is 9.18 Å². The highest BCUT2D eigenvalue weighted by Crippen LogP contribution is 2.86. The van der Waals surface area contributed by atoms with Gasteiger partial charge in [-0.3, -0.25) is 4.98 Å². The van der Waals surface area contributed by atoms with Crippen molar-refractivity contribution in [2.75, 3.05) is 5.32 Å². The molecule has 5 fully saturated rings. The molecule has 152 valence electrons. The number of anilines is 1. The second-order valence-electron chi connectivity index (χ2n) is 9.61. The van der Waals surface area contributed by atoms with Gasteiger partial charge in [-0.2, -0.15) is 4.98 Å². The van der Waals surface area contributed by atoms with Crippen LogP contribution in [-0.2, 0) is 14.2 Å². The standard InChI is InChI=1S/C20H26FN3O4/c1-9-4-5-11-10(2)14(23-13-12(21)8-22-17(25)24-13)26-16-20(11)15-19(9,20)7-6-18(3,27-15)28-16/h8-11,14-16H,4-7H2,1-3H3,(H2,22,23,24,25). The Morgan fingerprint density at radius 2 is 2.11 bits per heavy atom. The lowest BCUT2D eigenvalue weighted by atomic mass is 9.61. The molecule has 0 radical (unpaired) electrons. The first-order valence-corrected chi connectivity index (χ1v) is 10.3. The maximum absolute atomic E-state index is 14.2. The third-order valence-corrected chi connectivity index (χ3v) is 8.57. The van der Waals surface area contributed by atoms with Gasteiger partial charge in [0.2, 0.25) is 0 Å². The lowest BCUT2D eigenvalue weighted by molar-refractivity contribution is -0.390. The Morgan fingerprint density at radius 3 is 2.93 bits per heavy atom. The fourth-order valence-corrected chi connectivity index (χ4v) is 7.28. The molecule has 9 unspecified atom stereocenters. The van der Waals surface area contributed by atoms with Crippen LogP contribution < -0.4 is 11.0 Å². The van der Waals surface area contributed by atoms with Crippen LogP contribution in [0.5, 0.6) is 0 Å². The van der Waals surface area contributed by atoms with Gasteiger partial charge in [0.25, 0.3) is 0 Å². The molecule has 8 heteroatoms. The van der Waals surface area contributed by atoms with Gasteiger partial charge in [0, 0.05) is 17.8 Å². The molecular weight excluding hydrogens is 365 g/mol. The van der Waals surface area contributed by atoms with Crippen LogP contribution in [0.2, 0.25) is 0 Å². The molecule has 9 atom stereocenters. The number of ether oxygens (including phenoxy) is 3. The Labute approximate surface area is 162 Å². The third-order valence-electron chi connectivity index (χ3n) is 8.57. The zero-order valence-corrected chi connectivity index (χ0v) is 16.3. The van der Waals surface area contributed by atoms with E-state index in [-0.39, 0.29) is 35.0 Å². The van der Waals surface area contributed by atoms with Gasteiger partial charge in [-0.15, -0.1) is 0 Å². The van der Waals surface area contributed by atoms with E-state index in [0.717, 1.165) is 31.9 Å². The molecule has 2 bridgehead atoms. The molecule has 2 saturated carbocycles. The van der Waals surface area contributed by atoms with Crippen LogP contribution in [0, 0.1) is 34.4 Å². The number of nitrogens with zero attached hydrogens (tertiary/aromatic N) is 1. The molecule has 2 aliphatic carbocycles. The Balaban J connectivity index is 1.39. The van der Waals surface area contributed by atoms with Crippen molar-refractivity contribution >= 4 is 5.82 Å². The van der Waals surface area contributed by atoms with Crippen molar-refractivity contribution in [3.05, 3.63) is 22.5 Å². The van der Waals surface area contributed by atoms with Crippen molar-refractivity contribution in [3.63, 3.8) is 0 Å². The Hall–Kier alpha value is -1.51. The van der Waals surface area contributed by atoms with E-state index in [2.05, 4.69) is 29.1 Å². The fraction of sp³-hybridized carbons (Fsp3) is 0.800. The Kier molecular flexibility index (Phi) is 3.19. The largest absolute Gasteiger partial charge is 0.346 e. The smallest absolute Gasteiger partial charge is 0.345 e. The molecule has 2 spiro atoms. The number of halogens is 1. The highest BCUT2D eigenvalue weighted by molar-refractivity contribution is 5.38. The molecule has 1 aromatic rings. The lowest BCUT2D eigenvalue weighted by Gasteiger charge is -2.53. The van der Waals surface area contributed by atoms with Gasteiger partial charge in [0.1, 0.15) is 12.0 Å². The molecule has 1 aromatic heterocycles. The van der Waals surface area contributed by atoms with E-state index >= 15 is 0 Å². The monoisotopic (exact) mass is 391 g/mol. The summed E-state index contributed by atoms with van der Waals surface area (Å²) in [6.45, 7) is 6.49. The van der Waals surface area contributed by atoms with Gasteiger partial charge < -0.3 is 19.5 Å². The molecule has 5 aliphatic rings. The van der Waals surface area contributed by atoms with Crippen molar-refractivity contribution in [2.45, 2.75) is 70.9 Å². The molecule has 0 aromatic carbocycles. The maximum atomic E-state index is 14.2. The number of hydrogen-bond acceptors (Lipinski definition) is 6. The van der Waals surface area contributed by atoms with Crippen LogP contribution in [0.3, 0.4) is 0 Å². The van der Waals surface area contributed by atoms with E-state index in [4.69, 9.17) is 14.2 Å². The number of aromatic amines is 1. The van der Waals surface area contributed by atoms with E-state index in [1.165, 1.54) is 0 Å². The number of H-pyrrole nitrogens is 1. The van der Waals surface area contributed by atoms with Gasteiger partial charge >= 0.3 is 5.69 Å². The molecule has 3 saturated heterocycles. The van der Waals surface area contributed by atoms with Crippen LogP contribution in [0.4, 0.5) is 10.2 Å². The second kappa shape index (κ2) is 5.15. The zero-order valence-electron chi connectivity index (χ0n) is 16.3. The van der Waals surface area contributed by atoms with Crippen LogP contribution in [0.15, 0.2) is 11.0 Å². The summed E-state index contributed by atoms with van der Waals surface area (Å²) >= 11 is 0. The summed E-state index contributed by atoms with van der Waals surface area (Å²) in [5, 5.41) is 3.07. The van der Waals surface area contributed by atoms with Gasteiger partial charge in [0.15, 0.2) is 17.9 Å². The normalized spacial score (nSPS) is 53.3. The number of rotatable bonds is 2. The predicted molar refractivity (Wildman–Crippen MR) is 96.6 cm³/mol. The minimum atomic E-state index is -0.616. The third kappa shape index (κ3) is 1.81. The number of aromatic nitrogens is 2. The first kappa shape index (κ1) is 17.4. The number of nitrogens with one attached hydrogen (secondary N) is 2. The van der Waals surface area contributed by atoms with E-state index < -0.39 is 23.5 Å². The summed E-state index contributed by atoms with van der Waals surface area (Å²) < 4.78 is 33.5. The summed E-state index contributed by atoms with van der Waals surface area (Å²) in [5.74, 6) is -0.136. The average molecular weight is 391 g/mol. The summed E-state index contributed by atoms with van der Waals surface area (Å²) in [7, 11) is 0. The fourth-order valence-electron chi connectivity index (χ4n) is 7.28. The zero-order chi connectivity index (χ0) is 19.5. The molecule has 28 heavy (non-hydrogen) atoms. The first-order valence-electron chi connectivity index (χ1n) is 10.3. The van der Waals surface area contributed by atoms with Crippen molar-refractivity contribution in [1.29, 1.82) is 0 Å². The van der Waals surface area contributed by atoms with Gasteiger partial charge in [-0.1, -0.05) is 13.8 Å². The van der Waals surface area contributed by atoms with Crippen LogP contribution >= 0.6 is 0 Å². The molecule has 4 heterocycles. The van der Waals surface area contributed by atoms with Crippen molar-refractivity contribution in [1.82, 2.24) is 9.97 Å². The average Bonchev–Trinajstić information content (AvgIpc) is 3.30. The van der Waals surface area contributed by atoms with E-state index in [1.54, 1.807) is 0 Å². The minimum Gasteiger partial charge on any atom is -0.345 e. The van der Waals surface area contributed by atoms with Crippen LogP contribution in [-0.4, -0.2) is 34.4 Å². The van der Waals surface area contributed by atoms with Crippen molar-refractivity contribution in [2.24, 2.45) is 28.6 Å². The molecular formula is C20H26FN3O4. The summed E-state index contributed by atoms with van der Waals surface area (Å²) in [4.78, 5) is 17.4. The SMILES string of the molecule is CC1C(Nc2[nH]c(=O)ncc2F)OC2OC3(C)CCC45C(C)CCC1C24C5O3. The summed E-state index contributed by atoms with van der Waals surface area (Å²) in [5.41, 5.74) is -0.571. The van der Waals surface area contributed by atoms with E-state index in [1.807, 2.05) is 6.92 Å². The number of hydrogen-bond donors (Lipinski definition) is 2. The Bertz CT molecular complexity index is 910. The molecule has 0 amide bonds. The quantitative estimate of drug-likeness (QED) is 0.806. The predicted octanol–water partition coefficient (Wildman–Crippen LogP) is 2.60. The summed E-state index contributed by atoms with van der Waals surface area (Å²) in [6, 6.07) is 0.